The molecule has 210 valence electrons. The molecular weight excluding hydrogens is 558 g/mol. The van der Waals surface area contributed by atoms with Crippen molar-refractivity contribution in [1.82, 2.24) is 14.8 Å². The molecule has 3 saturated heterocycles. The van der Waals surface area contributed by atoms with Crippen molar-refractivity contribution in [3.63, 3.8) is 0 Å². The summed E-state index contributed by atoms with van der Waals surface area (Å²) in [6, 6.07) is 4.55. The van der Waals surface area contributed by atoms with E-state index in [9.17, 15) is 46.0 Å². The predicted molar refractivity (Wildman–Crippen MR) is 129 cm³/mol. The number of fused-ring (bicyclic) bond motifs is 6. The van der Waals surface area contributed by atoms with Crippen LogP contribution in [-0.2, 0) is 17.1 Å². The quantitative estimate of drug-likeness (QED) is 0.344. The monoisotopic (exact) mass is 574 g/mol. The van der Waals surface area contributed by atoms with Crippen LogP contribution in [0.3, 0.4) is 0 Å². The van der Waals surface area contributed by atoms with Crippen molar-refractivity contribution in [3.8, 4) is 6.07 Å². The van der Waals surface area contributed by atoms with E-state index in [-0.39, 0.29) is 35.8 Å². The Morgan fingerprint density at radius 1 is 1.02 bits per heavy atom. The van der Waals surface area contributed by atoms with E-state index < -0.39 is 65.3 Å². The van der Waals surface area contributed by atoms with Crippen molar-refractivity contribution < 1.29 is 40.7 Å². The summed E-state index contributed by atoms with van der Waals surface area (Å²) >= 11 is 0. The van der Waals surface area contributed by atoms with Crippen LogP contribution in [0.2, 0.25) is 0 Å². The van der Waals surface area contributed by atoms with Crippen LogP contribution in [0.4, 0.5) is 47.3 Å². The number of anilines is 2. The normalized spacial score (nSPS) is 22.0. The molecule has 0 spiro atoms. The zero-order valence-electron chi connectivity index (χ0n) is 20.5. The number of imide groups is 1. The molecule has 3 aliphatic heterocycles. The number of hydrogen-bond acceptors (Lipinski definition) is 5. The standard InChI is InChI=1S/C26H16F6N6O3/c27-25(28,29)13-6-14(26(30,31)32)8-15(7-13)35-23(40)36-11-16-9-19(36)21-22(39)38(24(41)37(16)21)18-4-3-12(10-33)20-17(18)2-1-5-34-20/h1-8,16,19,21H,9,11H2,(H,35,40)/t16-,19?,21?/m1/s1. The second-order valence-electron chi connectivity index (χ2n) is 9.79. The maximum atomic E-state index is 13.6. The summed E-state index contributed by atoms with van der Waals surface area (Å²) in [5, 5.41) is 11.9. The molecule has 15 heteroatoms. The smallest absolute Gasteiger partial charge is 0.317 e. The van der Waals surface area contributed by atoms with Crippen molar-refractivity contribution in [2.45, 2.75) is 36.9 Å². The fraction of sp³-hybridized carbons (Fsp3) is 0.269. The molecule has 1 aromatic heterocycles. The minimum Gasteiger partial charge on any atom is -0.317 e. The highest BCUT2D eigenvalue weighted by Crippen LogP contribution is 2.44. The summed E-state index contributed by atoms with van der Waals surface area (Å²) in [6.07, 6.45) is -8.54. The summed E-state index contributed by atoms with van der Waals surface area (Å²) in [4.78, 5) is 47.7. The van der Waals surface area contributed by atoms with Crippen molar-refractivity contribution in [2.24, 2.45) is 0 Å². The minimum atomic E-state index is -5.10. The highest BCUT2D eigenvalue weighted by molar-refractivity contribution is 6.25. The van der Waals surface area contributed by atoms with Gasteiger partial charge in [-0.3, -0.25) is 9.78 Å². The van der Waals surface area contributed by atoms with Crippen LogP contribution in [0, 0.1) is 11.3 Å². The van der Waals surface area contributed by atoms with E-state index in [1.165, 1.54) is 23.2 Å². The molecule has 3 atom stereocenters. The van der Waals surface area contributed by atoms with E-state index in [1.54, 1.807) is 12.1 Å². The molecular formula is C26H16F6N6O3. The fourth-order valence-electron chi connectivity index (χ4n) is 5.78. The molecule has 0 aliphatic carbocycles. The van der Waals surface area contributed by atoms with Gasteiger partial charge in [-0.15, -0.1) is 0 Å². The van der Waals surface area contributed by atoms with Crippen LogP contribution in [-0.4, -0.2) is 57.4 Å². The number of alkyl halides is 6. The molecule has 0 saturated carbocycles. The number of aromatic nitrogens is 1. The molecule has 3 aliphatic rings. The number of piperazine rings is 1. The van der Waals surface area contributed by atoms with Crippen molar-refractivity contribution >= 4 is 40.2 Å². The Labute approximate surface area is 226 Å². The van der Waals surface area contributed by atoms with Gasteiger partial charge in [0.15, 0.2) is 0 Å². The van der Waals surface area contributed by atoms with Crippen LogP contribution < -0.4 is 10.2 Å². The lowest BCUT2D eigenvalue weighted by Gasteiger charge is -2.34. The zero-order chi connectivity index (χ0) is 29.4. The average molecular weight is 574 g/mol. The van der Waals surface area contributed by atoms with E-state index in [4.69, 9.17) is 0 Å². The molecule has 6 rings (SSSR count). The molecule has 41 heavy (non-hydrogen) atoms. The Morgan fingerprint density at radius 2 is 1.71 bits per heavy atom. The third-order valence-corrected chi connectivity index (χ3v) is 7.47. The number of urea groups is 2. The Hall–Kier alpha value is -4.87. The van der Waals surface area contributed by atoms with Crippen molar-refractivity contribution in [1.29, 1.82) is 5.26 Å². The molecule has 3 fully saturated rings. The Balaban J connectivity index is 1.29. The first-order chi connectivity index (χ1) is 19.3. The zero-order valence-corrected chi connectivity index (χ0v) is 20.5. The molecule has 5 amide bonds. The first-order valence-electron chi connectivity index (χ1n) is 12.1. The second-order valence-corrected chi connectivity index (χ2v) is 9.79. The number of nitrogens with zero attached hydrogens (tertiary/aromatic N) is 5. The second kappa shape index (κ2) is 8.82. The minimum absolute atomic E-state index is 0.0505. The predicted octanol–water partition coefficient (Wildman–Crippen LogP) is 4.97. The van der Waals surface area contributed by atoms with Gasteiger partial charge in [0.05, 0.1) is 40.0 Å². The van der Waals surface area contributed by atoms with Crippen LogP contribution >= 0.6 is 0 Å². The summed E-state index contributed by atoms with van der Waals surface area (Å²) < 4.78 is 79.5. The number of carbonyl (C=O) groups is 3. The highest BCUT2D eigenvalue weighted by atomic mass is 19.4. The van der Waals surface area contributed by atoms with E-state index in [0.29, 0.717) is 17.5 Å². The topological polar surface area (TPSA) is 110 Å². The van der Waals surface area contributed by atoms with Gasteiger partial charge in [-0.05, 0) is 48.9 Å². The molecule has 2 unspecified atom stereocenters. The maximum Gasteiger partial charge on any atom is 0.416 e. The highest BCUT2D eigenvalue weighted by Gasteiger charge is 2.63. The average Bonchev–Trinajstić information content (AvgIpc) is 3.58. The Bertz CT molecular complexity index is 1650. The summed E-state index contributed by atoms with van der Waals surface area (Å²) in [7, 11) is 0. The number of nitriles is 1. The number of pyridine rings is 1. The van der Waals surface area contributed by atoms with Gasteiger partial charge in [-0.2, -0.15) is 31.6 Å². The van der Waals surface area contributed by atoms with Crippen molar-refractivity contribution in [3.05, 3.63) is 65.4 Å². The van der Waals surface area contributed by atoms with E-state index in [1.807, 2.05) is 6.07 Å². The third kappa shape index (κ3) is 4.09. The molecule has 3 aromatic rings. The molecule has 0 radical (unpaired) electrons. The van der Waals surface area contributed by atoms with Crippen LogP contribution in [0.25, 0.3) is 10.9 Å². The SMILES string of the molecule is N#Cc1ccc(N2C(=O)C3C4C[C@H](CN4C(=O)Nc4cc(C(F)(F)F)cc(C(F)(F)F)c4)N3C2=O)c2cccnc12. The first kappa shape index (κ1) is 26.4. The maximum absolute atomic E-state index is 13.6. The van der Waals surface area contributed by atoms with E-state index in [2.05, 4.69) is 10.3 Å². The summed E-state index contributed by atoms with van der Waals surface area (Å²) in [6.45, 7) is -0.0827. The number of carbonyl (C=O) groups excluding carboxylic acids is 3. The van der Waals surface area contributed by atoms with Gasteiger partial charge in [0.2, 0.25) is 0 Å². The van der Waals surface area contributed by atoms with E-state index >= 15 is 0 Å². The van der Waals surface area contributed by atoms with Crippen molar-refractivity contribution in [2.75, 3.05) is 16.8 Å². The number of nitrogens with one attached hydrogen (secondary N) is 1. The largest absolute Gasteiger partial charge is 0.416 e. The van der Waals surface area contributed by atoms with Gasteiger partial charge >= 0.3 is 24.4 Å². The van der Waals surface area contributed by atoms with Gasteiger partial charge in [0.25, 0.3) is 5.91 Å². The van der Waals surface area contributed by atoms with Crippen LogP contribution in [0.15, 0.2) is 48.7 Å². The van der Waals surface area contributed by atoms with Gasteiger partial charge in [-0.1, -0.05) is 0 Å². The first-order valence-corrected chi connectivity index (χ1v) is 12.1. The third-order valence-electron chi connectivity index (χ3n) is 7.47. The number of rotatable bonds is 2. The molecule has 9 nitrogen and oxygen atoms in total. The fourth-order valence-corrected chi connectivity index (χ4v) is 5.78. The summed E-state index contributed by atoms with van der Waals surface area (Å²) in [5.74, 6) is -0.659. The van der Waals surface area contributed by atoms with E-state index in [0.717, 1.165) is 9.80 Å². The number of benzene rings is 2. The molecule has 2 bridgehead atoms. The molecule has 2 aromatic carbocycles. The number of amides is 5. The Morgan fingerprint density at radius 3 is 2.34 bits per heavy atom. The lowest BCUT2D eigenvalue weighted by atomic mass is 10.1. The molecule has 4 heterocycles. The lowest BCUT2D eigenvalue weighted by Crippen LogP contribution is -2.55. The number of halogens is 6. The Kier molecular flexibility index (Phi) is 5.67. The van der Waals surface area contributed by atoms with Gasteiger partial charge in [-0.25, -0.2) is 14.5 Å². The summed E-state index contributed by atoms with van der Waals surface area (Å²) in [5.41, 5.74) is -3.20. The lowest BCUT2D eigenvalue weighted by molar-refractivity contribution is -0.143. The number of likely N-dealkylation sites (tertiary alicyclic amines) is 1. The van der Waals surface area contributed by atoms with Gasteiger partial charge in [0.1, 0.15) is 12.1 Å². The van der Waals surface area contributed by atoms with Crippen LogP contribution in [0.5, 0.6) is 0 Å². The molecule has 1 N–H and O–H groups in total. The number of hydrogen-bond donors (Lipinski definition) is 1. The van der Waals surface area contributed by atoms with Gasteiger partial charge < -0.3 is 15.1 Å². The van der Waals surface area contributed by atoms with Crippen LogP contribution in [0.1, 0.15) is 23.1 Å². The van der Waals surface area contributed by atoms with Gasteiger partial charge in [0, 0.05) is 23.8 Å².